The molecule has 4 N–H and O–H groups in total. The zero-order valence-corrected chi connectivity index (χ0v) is 14.1. The number of carboxylic acids is 1. The lowest BCUT2D eigenvalue weighted by atomic mass is 10.0. The fourth-order valence-electron chi connectivity index (χ4n) is 2.32. The number of hydrogen-bond acceptors (Lipinski definition) is 5. The third kappa shape index (κ3) is 5.94. The molecule has 0 saturated carbocycles. The molecule has 0 saturated heterocycles. The van der Waals surface area contributed by atoms with E-state index in [0.717, 1.165) is 0 Å². The molecule has 0 aromatic heterocycles. The Bertz CT molecular complexity index is 777. The minimum Gasteiger partial charge on any atom is -0.480 e. The van der Waals surface area contributed by atoms with Gasteiger partial charge >= 0.3 is 12.1 Å². The van der Waals surface area contributed by atoms with Crippen molar-refractivity contribution in [2.24, 2.45) is 0 Å². The van der Waals surface area contributed by atoms with Crippen LogP contribution in [0, 0.1) is 0 Å². The average molecular weight is 356 g/mol. The molecular weight excluding hydrogens is 336 g/mol. The zero-order chi connectivity index (χ0) is 18.9. The van der Waals surface area contributed by atoms with Gasteiger partial charge in [-0.2, -0.15) is 0 Å². The number of alkyl carbamates (subject to hydrolysis) is 1. The van der Waals surface area contributed by atoms with Gasteiger partial charge in [0.15, 0.2) is 5.78 Å². The van der Waals surface area contributed by atoms with Crippen molar-refractivity contribution < 1.29 is 24.2 Å². The number of nitrogens with one attached hydrogen (secondary N) is 1. The van der Waals surface area contributed by atoms with Crippen LogP contribution in [0.1, 0.15) is 28.8 Å². The summed E-state index contributed by atoms with van der Waals surface area (Å²) in [6.45, 7) is -0.0356. The lowest BCUT2D eigenvalue weighted by Crippen LogP contribution is -2.41. The Hall–Kier alpha value is -3.35. The number of carbonyl (C=O) groups is 3. The Morgan fingerprint density at radius 2 is 1.81 bits per heavy atom. The molecule has 2 aromatic carbocycles. The van der Waals surface area contributed by atoms with Crippen molar-refractivity contribution in [1.82, 2.24) is 5.32 Å². The summed E-state index contributed by atoms with van der Waals surface area (Å²) in [7, 11) is 0. The molecule has 1 unspecified atom stereocenters. The first-order valence-electron chi connectivity index (χ1n) is 8.04. The highest BCUT2D eigenvalue weighted by molar-refractivity contribution is 5.96. The zero-order valence-electron chi connectivity index (χ0n) is 14.1. The van der Waals surface area contributed by atoms with E-state index in [4.69, 9.17) is 10.5 Å². The lowest BCUT2D eigenvalue weighted by Gasteiger charge is -2.14. The summed E-state index contributed by atoms with van der Waals surface area (Å²) in [5.74, 6) is -1.42. The SMILES string of the molecule is Nc1cccc(COC(=O)NC(CCC(=O)c2ccccc2)C(=O)O)c1. The molecule has 0 radical (unpaired) electrons. The Labute approximate surface area is 150 Å². The van der Waals surface area contributed by atoms with Gasteiger partial charge in [-0.15, -0.1) is 0 Å². The Morgan fingerprint density at radius 1 is 1.08 bits per heavy atom. The first kappa shape index (κ1) is 19.0. The average Bonchev–Trinajstić information content (AvgIpc) is 2.63. The maximum atomic E-state index is 12.1. The predicted octanol–water partition coefficient (Wildman–Crippen LogP) is 2.61. The Morgan fingerprint density at radius 3 is 2.46 bits per heavy atom. The van der Waals surface area contributed by atoms with E-state index >= 15 is 0 Å². The number of rotatable bonds is 8. The number of amides is 1. The molecule has 0 aliphatic rings. The second-order valence-corrected chi connectivity index (χ2v) is 5.68. The summed E-state index contributed by atoms with van der Waals surface area (Å²) in [4.78, 5) is 35.2. The molecule has 7 heteroatoms. The van der Waals surface area contributed by atoms with Crippen LogP contribution in [-0.4, -0.2) is 29.0 Å². The van der Waals surface area contributed by atoms with E-state index in [0.29, 0.717) is 16.8 Å². The van der Waals surface area contributed by atoms with Crippen LogP contribution in [0.3, 0.4) is 0 Å². The van der Waals surface area contributed by atoms with Crippen LogP contribution < -0.4 is 11.1 Å². The summed E-state index contributed by atoms with van der Waals surface area (Å²) in [5.41, 5.74) is 7.36. The number of nitrogens with two attached hydrogens (primary N) is 1. The van der Waals surface area contributed by atoms with Crippen molar-refractivity contribution >= 4 is 23.5 Å². The number of ketones is 1. The highest BCUT2D eigenvalue weighted by Crippen LogP contribution is 2.09. The lowest BCUT2D eigenvalue weighted by molar-refractivity contribution is -0.139. The molecule has 7 nitrogen and oxygen atoms in total. The first-order chi connectivity index (χ1) is 12.5. The topological polar surface area (TPSA) is 119 Å². The quantitative estimate of drug-likeness (QED) is 0.494. The van der Waals surface area contributed by atoms with Crippen molar-refractivity contribution in [3.8, 4) is 0 Å². The second kappa shape index (κ2) is 9.22. The van der Waals surface area contributed by atoms with Gasteiger partial charge in [0.1, 0.15) is 12.6 Å². The van der Waals surface area contributed by atoms with E-state index in [-0.39, 0.29) is 25.2 Å². The number of ether oxygens (including phenoxy) is 1. The van der Waals surface area contributed by atoms with Crippen molar-refractivity contribution in [2.75, 3.05) is 5.73 Å². The van der Waals surface area contributed by atoms with Crippen molar-refractivity contribution in [3.63, 3.8) is 0 Å². The molecule has 1 amide bonds. The predicted molar refractivity (Wildman–Crippen MR) is 95.6 cm³/mol. The molecule has 0 fully saturated rings. The fourth-order valence-corrected chi connectivity index (χ4v) is 2.32. The molecule has 2 rings (SSSR count). The van der Waals surface area contributed by atoms with Crippen LogP contribution in [0.25, 0.3) is 0 Å². The van der Waals surface area contributed by atoms with Gasteiger partial charge in [0, 0.05) is 17.7 Å². The van der Waals surface area contributed by atoms with Gasteiger partial charge in [0.2, 0.25) is 0 Å². The van der Waals surface area contributed by atoms with Gasteiger partial charge in [-0.3, -0.25) is 4.79 Å². The van der Waals surface area contributed by atoms with E-state index in [1.54, 1.807) is 54.6 Å². The number of carboxylic acid groups (broad SMARTS) is 1. The Balaban J connectivity index is 1.84. The van der Waals surface area contributed by atoms with Crippen LogP contribution in [0.5, 0.6) is 0 Å². The molecular formula is C19H20N2O5. The van der Waals surface area contributed by atoms with Crippen LogP contribution in [0.15, 0.2) is 54.6 Å². The number of hydrogen-bond donors (Lipinski definition) is 3. The highest BCUT2D eigenvalue weighted by Gasteiger charge is 2.22. The van der Waals surface area contributed by atoms with Gasteiger partial charge in [-0.25, -0.2) is 9.59 Å². The highest BCUT2D eigenvalue weighted by atomic mass is 16.5. The maximum Gasteiger partial charge on any atom is 0.408 e. The van der Waals surface area contributed by atoms with E-state index in [1.165, 1.54) is 0 Å². The normalized spacial score (nSPS) is 11.4. The molecule has 0 spiro atoms. The number of nitrogen functional groups attached to an aromatic ring is 1. The summed E-state index contributed by atoms with van der Waals surface area (Å²) in [6, 6.07) is 14.2. The van der Waals surface area contributed by atoms with Gasteiger partial charge in [-0.1, -0.05) is 42.5 Å². The van der Waals surface area contributed by atoms with Crippen LogP contribution in [0.2, 0.25) is 0 Å². The van der Waals surface area contributed by atoms with E-state index in [9.17, 15) is 19.5 Å². The fraction of sp³-hybridized carbons (Fsp3) is 0.211. The monoisotopic (exact) mass is 356 g/mol. The van der Waals surface area contributed by atoms with E-state index < -0.39 is 18.1 Å². The van der Waals surface area contributed by atoms with Crippen molar-refractivity contribution in [3.05, 3.63) is 65.7 Å². The summed E-state index contributed by atoms with van der Waals surface area (Å²) >= 11 is 0. The van der Waals surface area contributed by atoms with Gasteiger partial charge in [0.05, 0.1) is 0 Å². The minimum absolute atomic E-state index is 0.00349. The van der Waals surface area contributed by atoms with E-state index in [1.807, 2.05) is 0 Å². The van der Waals surface area contributed by atoms with Crippen molar-refractivity contribution in [2.45, 2.75) is 25.5 Å². The minimum atomic E-state index is -1.23. The second-order valence-electron chi connectivity index (χ2n) is 5.68. The van der Waals surface area contributed by atoms with Crippen LogP contribution >= 0.6 is 0 Å². The third-order valence-electron chi connectivity index (χ3n) is 3.67. The molecule has 0 aliphatic carbocycles. The number of aliphatic carboxylic acids is 1. The third-order valence-corrected chi connectivity index (χ3v) is 3.67. The summed E-state index contributed by atoms with van der Waals surface area (Å²) in [5, 5.41) is 11.5. The van der Waals surface area contributed by atoms with Crippen LogP contribution in [-0.2, 0) is 16.1 Å². The van der Waals surface area contributed by atoms with Gasteiger partial charge in [0.25, 0.3) is 0 Å². The first-order valence-corrected chi connectivity index (χ1v) is 8.04. The molecule has 1 atom stereocenters. The molecule has 0 aliphatic heterocycles. The molecule has 0 heterocycles. The summed E-state index contributed by atoms with van der Waals surface area (Å²) < 4.78 is 5.00. The molecule has 0 bridgehead atoms. The maximum absolute atomic E-state index is 12.1. The van der Waals surface area contributed by atoms with Gasteiger partial charge < -0.3 is 20.9 Å². The molecule has 26 heavy (non-hydrogen) atoms. The van der Waals surface area contributed by atoms with E-state index in [2.05, 4.69) is 5.32 Å². The summed E-state index contributed by atoms with van der Waals surface area (Å²) in [6.07, 6.45) is -0.903. The van der Waals surface area contributed by atoms with Gasteiger partial charge in [-0.05, 0) is 24.1 Å². The van der Waals surface area contributed by atoms with Crippen molar-refractivity contribution in [1.29, 1.82) is 0 Å². The molecule has 2 aromatic rings. The van der Waals surface area contributed by atoms with Crippen LogP contribution in [0.4, 0.5) is 10.5 Å². The smallest absolute Gasteiger partial charge is 0.408 e. The number of benzene rings is 2. The Kier molecular flexibility index (Phi) is 6.73. The number of anilines is 1. The number of carbonyl (C=O) groups excluding carboxylic acids is 2. The molecule has 136 valence electrons. The number of Topliss-reactive ketones (excluding diaryl/α,β-unsaturated/α-hetero) is 1. The standard InChI is InChI=1S/C19H20N2O5/c20-15-8-4-5-13(11-15)12-26-19(25)21-16(18(23)24)9-10-17(22)14-6-2-1-3-7-14/h1-8,11,16H,9-10,12,20H2,(H,21,25)(H,23,24). The largest absolute Gasteiger partial charge is 0.480 e.